The van der Waals surface area contributed by atoms with Gasteiger partial charge in [-0.05, 0) is 63.2 Å². The third kappa shape index (κ3) is 7.68. The fraction of sp³-hybridized carbons (Fsp3) is 0.600. The average Bonchev–Trinajstić information content (AvgIpc) is 2.89. The molecule has 192 valence electrons. The van der Waals surface area contributed by atoms with Gasteiger partial charge in [0.25, 0.3) is 5.91 Å². The van der Waals surface area contributed by atoms with Crippen molar-refractivity contribution in [3.05, 3.63) is 29.8 Å². The summed E-state index contributed by atoms with van der Waals surface area (Å²) in [6.07, 6.45) is 4.92. The summed E-state index contributed by atoms with van der Waals surface area (Å²) in [4.78, 5) is 51.5. The molecule has 2 aliphatic heterocycles. The van der Waals surface area contributed by atoms with Crippen LogP contribution in [0.1, 0.15) is 48.9 Å². The molecule has 2 heterocycles. The Balaban J connectivity index is 1.48. The van der Waals surface area contributed by atoms with Gasteiger partial charge in [-0.2, -0.15) is 0 Å². The monoisotopic (exact) mass is 488 g/mol. The van der Waals surface area contributed by atoms with Crippen molar-refractivity contribution in [2.45, 2.75) is 44.6 Å². The van der Waals surface area contributed by atoms with Gasteiger partial charge in [-0.25, -0.2) is 4.79 Å². The van der Waals surface area contributed by atoms with Crippen LogP contribution in [0.5, 0.6) is 5.75 Å². The molecular formula is C25H36N4O6. The molecule has 2 aliphatic rings. The van der Waals surface area contributed by atoms with E-state index >= 15 is 0 Å². The second kappa shape index (κ2) is 13.1. The van der Waals surface area contributed by atoms with E-state index in [1.807, 2.05) is 0 Å². The zero-order valence-electron chi connectivity index (χ0n) is 20.3. The lowest BCUT2D eigenvalue weighted by Crippen LogP contribution is -2.51. The first-order valence-corrected chi connectivity index (χ1v) is 12.3. The van der Waals surface area contributed by atoms with E-state index in [9.17, 15) is 24.3 Å². The molecule has 35 heavy (non-hydrogen) atoms. The highest BCUT2D eigenvalue weighted by Gasteiger charge is 2.30. The van der Waals surface area contributed by atoms with Crippen LogP contribution in [0.3, 0.4) is 0 Å². The smallest absolute Gasteiger partial charge is 0.328 e. The summed E-state index contributed by atoms with van der Waals surface area (Å²) < 4.78 is 5.15. The molecule has 2 fully saturated rings. The van der Waals surface area contributed by atoms with Gasteiger partial charge in [-0.3, -0.25) is 14.4 Å². The van der Waals surface area contributed by atoms with Crippen molar-refractivity contribution in [2.24, 2.45) is 11.8 Å². The molecular weight excluding hydrogens is 452 g/mol. The number of carbonyl (C=O) groups is 4. The van der Waals surface area contributed by atoms with E-state index in [-0.39, 0.29) is 23.9 Å². The third-order valence-corrected chi connectivity index (χ3v) is 6.81. The summed E-state index contributed by atoms with van der Waals surface area (Å²) in [7, 11) is 1.42. The molecule has 2 atom stereocenters. The van der Waals surface area contributed by atoms with E-state index in [2.05, 4.69) is 16.0 Å². The van der Waals surface area contributed by atoms with Gasteiger partial charge >= 0.3 is 5.97 Å². The summed E-state index contributed by atoms with van der Waals surface area (Å²) in [6.45, 7) is 2.72. The van der Waals surface area contributed by atoms with Gasteiger partial charge in [-0.1, -0.05) is 12.1 Å². The van der Waals surface area contributed by atoms with Crippen LogP contribution in [0, 0.1) is 11.8 Å². The number of ether oxygens (including phenoxy) is 1. The number of amides is 3. The van der Waals surface area contributed by atoms with E-state index in [1.54, 1.807) is 23.1 Å². The number of para-hydroxylation sites is 1. The first-order chi connectivity index (χ1) is 16.9. The summed E-state index contributed by atoms with van der Waals surface area (Å²) in [5, 5.41) is 18.0. The number of hydrogen-bond acceptors (Lipinski definition) is 6. The van der Waals surface area contributed by atoms with Gasteiger partial charge in [0.2, 0.25) is 11.8 Å². The van der Waals surface area contributed by atoms with Crippen LogP contribution < -0.4 is 20.7 Å². The van der Waals surface area contributed by atoms with Crippen molar-refractivity contribution in [3.8, 4) is 5.75 Å². The number of aliphatic carboxylic acids is 1. The summed E-state index contributed by atoms with van der Waals surface area (Å²) in [5.41, 5.74) is 0.207. The molecule has 0 unspecified atom stereocenters. The molecule has 3 rings (SSSR count). The Hall–Kier alpha value is -3.14. The molecule has 0 radical (unpaired) electrons. The Morgan fingerprint density at radius 3 is 2.63 bits per heavy atom. The quantitative estimate of drug-likeness (QED) is 0.386. The normalized spacial score (nSPS) is 19.5. The first kappa shape index (κ1) is 26.5. The number of benzene rings is 1. The van der Waals surface area contributed by atoms with Crippen molar-refractivity contribution in [1.82, 2.24) is 20.9 Å². The van der Waals surface area contributed by atoms with Crippen molar-refractivity contribution < 1.29 is 29.0 Å². The molecule has 0 spiro atoms. The largest absolute Gasteiger partial charge is 0.496 e. The van der Waals surface area contributed by atoms with Crippen LogP contribution in [-0.4, -0.2) is 79.6 Å². The molecule has 0 saturated carbocycles. The Morgan fingerprint density at radius 1 is 1.17 bits per heavy atom. The zero-order valence-corrected chi connectivity index (χ0v) is 20.3. The molecule has 0 aromatic heterocycles. The number of nitrogens with one attached hydrogen (secondary N) is 3. The second-order valence-electron chi connectivity index (χ2n) is 9.22. The number of nitrogens with zero attached hydrogens (tertiary/aromatic N) is 1. The number of methoxy groups -OCH3 is 1. The molecule has 0 bridgehead atoms. The predicted molar refractivity (Wildman–Crippen MR) is 129 cm³/mol. The molecule has 10 heteroatoms. The fourth-order valence-electron chi connectivity index (χ4n) is 4.69. The van der Waals surface area contributed by atoms with E-state index in [0.29, 0.717) is 37.6 Å². The lowest BCUT2D eigenvalue weighted by Gasteiger charge is -2.33. The lowest BCUT2D eigenvalue weighted by molar-refractivity contribution is -0.139. The highest BCUT2D eigenvalue weighted by Crippen LogP contribution is 2.22. The van der Waals surface area contributed by atoms with Gasteiger partial charge in [0.05, 0.1) is 18.6 Å². The van der Waals surface area contributed by atoms with E-state index < -0.39 is 23.8 Å². The minimum absolute atomic E-state index is 0.0773. The van der Waals surface area contributed by atoms with Gasteiger partial charge < -0.3 is 30.7 Å². The maximum Gasteiger partial charge on any atom is 0.328 e. The van der Waals surface area contributed by atoms with E-state index in [0.717, 1.165) is 38.8 Å². The van der Waals surface area contributed by atoms with Crippen LogP contribution in [0.2, 0.25) is 0 Å². The number of piperidine rings is 2. The standard InChI is InChI=1S/C25H36N4O6/c1-35-21-7-3-2-6-19(21)24(32)28-20(25(33)34)15-27-23(31)18-5-4-14-29(16-18)22(30)9-8-17-10-12-26-13-11-17/h2-3,6-7,17-18,20,26H,4-5,8-16H2,1H3,(H,27,31)(H,28,32)(H,33,34)/t18-,20+/m1/s1. The number of carboxylic acids is 1. The molecule has 2 saturated heterocycles. The number of likely N-dealkylation sites (tertiary alicyclic amines) is 1. The minimum atomic E-state index is -1.30. The molecule has 1 aromatic rings. The van der Waals surface area contributed by atoms with Crippen LogP contribution in [0.4, 0.5) is 0 Å². The predicted octanol–water partition coefficient (Wildman–Crippen LogP) is 1.01. The van der Waals surface area contributed by atoms with Crippen LogP contribution in [-0.2, 0) is 14.4 Å². The molecule has 4 N–H and O–H groups in total. The Morgan fingerprint density at radius 2 is 1.91 bits per heavy atom. The summed E-state index contributed by atoms with van der Waals surface area (Å²) in [5.74, 6) is -1.59. The van der Waals surface area contributed by atoms with Crippen molar-refractivity contribution in [3.63, 3.8) is 0 Å². The fourth-order valence-corrected chi connectivity index (χ4v) is 4.69. The van der Waals surface area contributed by atoms with E-state index in [1.165, 1.54) is 13.2 Å². The molecule has 1 aromatic carbocycles. The van der Waals surface area contributed by atoms with Crippen molar-refractivity contribution >= 4 is 23.7 Å². The van der Waals surface area contributed by atoms with Crippen molar-refractivity contribution in [2.75, 3.05) is 39.8 Å². The van der Waals surface area contributed by atoms with E-state index in [4.69, 9.17) is 4.74 Å². The molecule has 3 amide bonds. The SMILES string of the molecule is COc1ccccc1C(=O)N[C@@H](CNC(=O)[C@@H]1CCCN(C(=O)CCC2CCNCC2)C1)C(=O)O. The maximum atomic E-state index is 12.8. The first-order valence-electron chi connectivity index (χ1n) is 12.3. The number of carbonyl (C=O) groups excluding carboxylic acids is 3. The molecule has 0 aliphatic carbocycles. The Bertz CT molecular complexity index is 902. The lowest BCUT2D eigenvalue weighted by atomic mass is 9.92. The zero-order chi connectivity index (χ0) is 25.2. The summed E-state index contributed by atoms with van der Waals surface area (Å²) in [6, 6.07) is 5.19. The summed E-state index contributed by atoms with van der Waals surface area (Å²) >= 11 is 0. The van der Waals surface area contributed by atoms with Crippen LogP contribution in [0.25, 0.3) is 0 Å². The average molecular weight is 489 g/mol. The Labute approximate surface area is 205 Å². The van der Waals surface area contributed by atoms with Gasteiger partial charge in [0.15, 0.2) is 0 Å². The van der Waals surface area contributed by atoms with Gasteiger partial charge in [0.1, 0.15) is 11.8 Å². The third-order valence-electron chi connectivity index (χ3n) is 6.81. The second-order valence-corrected chi connectivity index (χ2v) is 9.22. The Kier molecular flexibility index (Phi) is 9.89. The van der Waals surface area contributed by atoms with Crippen LogP contribution >= 0.6 is 0 Å². The topological polar surface area (TPSA) is 137 Å². The highest BCUT2D eigenvalue weighted by atomic mass is 16.5. The number of rotatable bonds is 10. The van der Waals surface area contributed by atoms with Gasteiger partial charge in [0, 0.05) is 26.1 Å². The van der Waals surface area contributed by atoms with Crippen molar-refractivity contribution in [1.29, 1.82) is 0 Å². The molecule has 10 nitrogen and oxygen atoms in total. The maximum absolute atomic E-state index is 12.8. The minimum Gasteiger partial charge on any atom is -0.496 e. The van der Waals surface area contributed by atoms with Crippen LogP contribution in [0.15, 0.2) is 24.3 Å². The van der Waals surface area contributed by atoms with Gasteiger partial charge in [-0.15, -0.1) is 0 Å². The highest BCUT2D eigenvalue weighted by molar-refractivity contribution is 5.99. The number of hydrogen-bond donors (Lipinski definition) is 4. The number of carboxylic acid groups (broad SMARTS) is 1.